The topological polar surface area (TPSA) is 62.5 Å². The van der Waals surface area contributed by atoms with Crippen molar-refractivity contribution < 1.29 is 9.32 Å². The molecule has 1 saturated heterocycles. The van der Waals surface area contributed by atoms with E-state index in [0.717, 1.165) is 43.9 Å². The smallest absolute Gasteiger partial charge is 0.292 e. The van der Waals surface area contributed by atoms with Crippen LogP contribution in [0.25, 0.3) is 0 Å². The van der Waals surface area contributed by atoms with E-state index in [4.69, 9.17) is 4.52 Å². The Balaban J connectivity index is 1.69. The first-order valence-corrected chi connectivity index (χ1v) is 8.07. The van der Waals surface area contributed by atoms with Gasteiger partial charge in [0.1, 0.15) is 5.82 Å². The number of amides is 1. The summed E-state index contributed by atoms with van der Waals surface area (Å²) in [5, 5.41) is 3.90. The van der Waals surface area contributed by atoms with Gasteiger partial charge in [0, 0.05) is 38.4 Å². The van der Waals surface area contributed by atoms with Crippen molar-refractivity contribution in [2.75, 3.05) is 25.0 Å². The van der Waals surface area contributed by atoms with Gasteiger partial charge in [0.25, 0.3) is 5.91 Å². The molecule has 2 aromatic heterocycles. The number of hydrogen-bond acceptors (Lipinski definition) is 5. The highest BCUT2D eigenvalue weighted by Gasteiger charge is 2.28. The van der Waals surface area contributed by atoms with Gasteiger partial charge in [-0.15, -0.1) is 0 Å². The summed E-state index contributed by atoms with van der Waals surface area (Å²) in [6.07, 6.45) is 4.59. The van der Waals surface area contributed by atoms with Gasteiger partial charge >= 0.3 is 0 Å². The molecule has 0 N–H and O–H groups in total. The van der Waals surface area contributed by atoms with Crippen LogP contribution >= 0.6 is 0 Å². The second kappa shape index (κ2) is 6.81. The monoisotopic (exact) mass is 314 g/mol. The van der Waals surface area contributed by atoms with Gasteiger partial charge in [0.15, 0.2) is 0 Å². The SMILES string of the molecule is CCc1cc(C(=O)N(C)C2CCCN(c3ccccn3)C2)on1. The lowest BCUT2D eigenvalue weighted by atomic mass is 10.0. The minimum Gasteiger partial charge on any atom is -0.355 e. The fraction of sp³-hybridized carbons (Fsp3) is 0.471. The first-order valence-electron chi connectivity index (χ1n) is 8.07. The number of likely N-dealkylation sites (N-methyl/N-ethyl adjacent to an activating group) is 1. The lowest BCUT2D eigenvalue weighted by Crippen LogP contribution is -2.48. The lowest BCUT2D eigenvalue weighted by Gasteiger charge is -2.37. The predicted molar refractivity (Wildman–Crippen MR) is 87.4 cm³/mol. The average Bonchev–Trinajstić information content (AvgIpc) is 3.10. The van der Waals surface area contributed by atoms with E-state index >= 15 is 0 Å². The fourth-order valence-corrected chi connectivity index (χ4v) is 2.94. The molecule has 6 heteroatoms. The van der Waals surface area contributed by atoms with Crippen LogP contribution in [0.5, 0.6) is 0 Å². The number of carbonyl (C=O) groups is 1. The van der Waals surface area contributed by atoms with Crippen LogP contribution in [0.4, 0.5) is 5.82 Å². The Kier molecular flexibility index (Phi) is 4.60. The molecule has 1 fully saturated rings. The first kappa shape index (κ1) is 15.5. The molecule has 0 aromatic carbocycles. The molecule has 23 heavy (non-hydrogen) atoms. The maximum atomic E-state index is 12.6. The lowest BCUT2D eigenvalue weighted by molar-refractivity contribution is 0.0675. The standard InChI is InChI=1S/C17H22N4O2/c1-3-13-11-15(23-19-13)17(22)20(2)14-7-6-10-21(12-14)16-8-4-5-9-18-16/h4-5,8-9,11,14H,3,6-7,10,12H2,1-2H3. The highest BCUT2D eigenvalue weighted by Crippen LogP contribution is 2.21. The van der Waals surface area contributed by atoms with E-state index in [0.29, 0.717) is 5.76 Å². The van der Waals surface area contributed by atoms with Gasteiger partial charge in [0.05, 0.1) is 5.69 Å². The van der Waals surface area contributed by atoms with Gasteiger partial charge in [-0.1, -0.05) is 18.1 Å². The summed E-state index contributed by atoms with van der Waals surface area (Å²) in [7, 11) is 1.84. The second-order valence-corrected chi connectivity index (χ2v) is 5.88. The zero-order chi connectivity index (χ0) is 16.2. The van der Waals surface area contributed by atoms with Crippen LogP contribution in [0.15, 0.2) is 35.0 Å². The minimum absolute atomic E-state index is 0.106. The summed E-state index contributed by atoms with van der Waals surface area (Å²) in [6.45, 7) is 3.74. The van der Waals surface area contributed by atoms with Crippen molar-refractivity contribution in [2.24, 2.45) is 0 Å². The molecule has 122 valence electrons. The second-order valence-electron chi connectivity index (χ2n) is 5.88. The molecule has 1 aliphatic rings. The van der Waals surface area contributed by atoms with Crippen LogP contribution < -0.4 is 4.90 Å². The maximum Gasteiger partial charge on any atom is 0.292 e. The van der Waals surface area contributed by atoms with Gasteiger partial charge in [-0.3, -0.25) is 4.79 Å². The third-order valence-corrected chi connectivity index (χ3v) is 4.37. The Bertz CT molecular complexity index is 656. The number of hydrogen-bond donors (Lipinski definition) is 0. The van der Waals surface area contributed by atoms with Crippen LogP contribution in [-0.4, -0.2) is 47.1 Å². The summed E-state index contributed by atoms with van der Waals surface area (Å²) in [5.41, 5.74) is 0.806. The van der Waals surface area contributed by atoms with E-state index in [1.165, 1.54) is 0 Å². The van der Waals surface area contributed by atoms with Gasteiger partial charge in [0.2, 0.25) is 5.76 Å². The van der Waals surface area contributed by atoms with E-state index in [1.54, 1.807) is 17.2 Å². The molecule has 6 nitrogen and oxygen atoms in total. The third-order valence-electron chi connectivity index (χ3n) is 4.37. The number of rotatable bonds is 4. The van der Waals surface area contributed by atoms with Crippen LogP contribution in [-0.2, 0) is 6.42 Å². The molecular weight excluding hydrogens is 292 g/mol. The summed E-state index contributed by atoms with van der Waals surface area (Å²) in [5.74, 6) is 1.18. The van der Waals surface area contributed by atoms with E-state index in [2.05, 4.69) is 15.0 Å². The number of aryl methyl sites for hydroxylation is 1. The number of pyridine rings is 1. The van der Waals surface area contributed by atoms with Crippen molar-refractivity contribution in [1.29, 1.82) is 0 Å². The zero-order valence-electron chi connectivity index (χ0n) is 13.6. The van der Waals surface area contributed by atoms with Crippen molar-refractivity contribution >= 4 is 11.7 Å². The Morgan fingerprint density at radius 3 is 3.04 bits per heavy atom. The molecule has 0 saturated carbocycles. The highest BCUT2D eigenvalue weighted by molar-refractivity contribution is 5.91. The maximum absolute atomic E-state index is 12.6. The molecule has 2 aromatic rings. The van der Waals surface area contributed by atoms with Gasteiger partial charge in [-0.2, -0.15) is 0 Å². The summed E-state index contributed by atoms with van der Waals surface area (Å²) in [4.78, 5) is 21.0. The third kappa shape index (κ3) is 3.36. The predicted octanol–water partition coefficient (Wildman–Crippen LogP) is 2.37. The number of carbonyl (C=O) groups excluding carboxylic acids is 1. The molecule has 3 rings (SSSR count). The molecule has 1 amide bonds. The Labute approximate surface area is 136 Å². The fourth-order valence-electron chi connectivity index (χ4n) is 2.94. The van der Waals surface area contributed by atoms with Gasteiger partial charge in [-0.05, 0) is 31.4 Å². The molecule has 0 aliphatic carbocycles. The molecule has 1 unspecified atom stereocenters. The van der Waals surface area contributed by atoms with E-state index in [-0.39, 0.29) is 11.9 Å². The van der Waals surface area contributed by atoms with E-state index in [1.807, 2.05) is 32.2 Å². The quantitative estimate of drug-likeness (QED) is 0.867. The van der Waals surface area contributed by atoms with E-state index in [9.17, 15) is 4.79 Å². The minimum atomic E-state index is -0.106. The van der Waals surface area contributed by atoms with Crippen LogP contribution in [0.1, 0.15) is 36.0 Å². The normalized spacial score (nSPS) is 18.0. The molecular formula is C17H22N4O2. The Morgan fingerprint density at radius 2 is 2.35 bits per heavy atom. The molecule has 0 bridgehead atoms. The summed E-state index contributed by atoms with van der Waals surface area (Å²) in [6, 6.07) is 7.79. The number of piperidine rings is 1. The van der Waals surface area contributed by atoms with Gasteiger partial charge < -0.3 is 14.3 Å². The first-order chi connectivity index (χ1) is 11.2. The molecule has 0 radical (unpaired) electrons. The number of aromatic nitrogens is 2. The summed E-state index contributed by atoms with van der Waals surface area (Å²) >= 11 is 0. The van der Waals surface area contributed by atoms with Crippen LogP contribution in [0.3, 0.4) is 0 Å². The van der Waals surface area contributed by atoms with Crippen LogP contribution in [0.2, 0.25) is 0 Å². The summed E-state index contributed by atoms with van der Waals surface area (Å²) < 4.78 is 5.17. The van der Waals surface area contributed by atoms with Crippen molar-refractivity contribution in [1.82, 2.24) is 15.0 Å². The van der Waals surface area contributed by atoms with Crippen molar-refractivity contribution in [2.45, 2.75) is 32.2 Å². The molecule has 1 aliphatic heterocycles. The molecule has 3 heterocycles. The average molecular weight is 314 g/mol. The zero-order valence-corrected chi connectivity index (χ0v) is 13.6. The van der Waals surface area contributed by atoms with E-state index < -0.39 is 0 Å². The van der Waals surface area contributed by atoms with Crippen molar-refractivity contribution in [3.8, 4) is 0 Å². The largest absolute Gasteiger partial charge is 0.355 e. The molecule has 1 atom stereocenters. The number of anilines is 1. The Morgan fingerprint density at radius 1 is 1.48 bits per heavy atom. The van der Waals surface area contributed by atoms with Crippen molar-refractivity contribution in [3.63, 3.8) is 0 Å². The highest BCUT2D eigenvalue weighted by atomic mass is 16.5. The molecule has 0 spiro atoms. The van der Waals surface area contributed by atoms with Gasteiger partial charge in [-0.25, -0.2) is 4.98 Å². The Hall–Kier alpha value is -2.37. The number of nitrogens with zero attached hydrogens (tertiary/aromatic N) is 4. The van der Waals surface area contributed by atoms with Crippen LogP contribution in [0, 0.1) is 0 Å². The van der Waals surface area contributed by atoms with Crippen molar-refractivity contribution in [3.05, 3.63) is 41.9 Å².